The molecule has 1 aromatic heterocycles. The molecule has 1 aliphatic heterocycles. The third kappa shape index (κ3) is 4.55. The van der Waals surface area contributed by atoms with Crippen LogP contribution in [0, 0.1) is 0 Å². The van der Waals surface area contributed by atoms with Gasteiger partial charge in [-0.1, -0.05) is 30.3 Å². The van der Waals surface area contributed by atoms with E-state index >= 15 is 0 Å². The normalized spacial score (nSPS) is 16.4. The van der Waals surface area contributed by atoms with E-state index in [1.165, 1.54) is 0 Å². The Bertz CT molecular complexity index is 846. The number of amides is 2. The molecule has 0 bridgehead atoms. The lowest BCUT2D eigenvalue weighted by molar-refractivity contribution is -0.125. The smallest absolute Gasteiger partial charge is 0.413 e. The summed E-state index contributed by atoms with van der Waals surface area (Å²) in [5.41, 5.74) is 0.959. The number of hydrogen-bond donors (Lipinski definition) is 1. The van der Waals surface area contributed by atoms with Gasteiger partial charge in [-0.15, -0.1) is 0 Å². The maximum atomic E-state index is 12.6. The largest absolute Gasteiger partial charge is 0.463 e. The minimum Gasteiger partial charge on any atom is -0.463 e. The molecule has 2 amide bonds. The highest BCUT2D eigenvalue weighted by molar-refractivity contribution is 5.99. The van der Waals surface area contributed by atoms with Gasteiger partial charge in [-0.3, -0.25) is 15.0 Å². The van der Waals surface area contributed by atoms with Gasteiger partial charge in [0.05, 0.1) is 6.54 Å². The molecule has 7 nitrogen and oxygen atoms in total. The van der Waals surface area contributed by atoms with E-state index in [-0.39, 0.29) is 5.91 Å². The number of ether oxygens (including phenoxy) is 2. The first-order valence-electron chi connectivity index (χ1n) is 8.76. The molecule has 0 aliphatic carbocycles. The van der Waals surface area contributed by atoms with Crippen molar-refractivity contribution in [3.05, 3.63) is 48.0 Å². The van der Waals surface area contributed by atoms with Gasteiger partial charge in [0.15, 0.2) is 6.10 Å². The molecule has 0 unspecified atom stereocenters. The molecule has 0 saturated carbocycles. The molecular formula is C20H23N3O4. The van der Waals surface area contributed by atoms with Crippen LogP contribution in [0.4, 0.5) is 16.3 Å². The van der Waals surface area contributed by atoms with Crippen molar-refractivity contribution in [2.45, 2.75) is 45.9 Å². The third-order valence-electron chi connectivity index (χ3n) is 3.85. The molecule has 3 rings (SSSR count). The third-order valence-corrected chi connectivity index (χ3v) is 3.85. The Morgan fingerprint density at radius 2 is 1.93 bits per heavy atom. The van der Waals surface area contributed by atoms with Crippen LogP contribution in [0.3, 0.4) is 0 Å². The Morgan fingerprint density at radius 1 is 1.22 bits per heavy atom. The number of fused-ring (bicyclic) bond motifs is 1. The maximum absolute atomic E-state index is 12.6. The lowest BCUT2D eigenvalue weighted by Crippen LogP contribution is -2.44. The number of benzene rings is 1. The zero-order valence-electron chi connectivity index (χ0n) is 15.9. The van der Waals surface area contributed by atoms with Gasteiger partial charge < -0.3 is 9.47 Å². The van der Waals surface area contributed by atoms with Crippen LogP contribution in [-0.2, 0) is 16.1 Å². The molecule has 7 heteroatoms. The van der Waals surface area contributed by atoms with E-state index < -0.39 is 17.8 Å². The predicted octanol–water partition coefficient (Wildman–Crippen LogP) is 3.74. The number of carbonyl (C=O) groups excluding carboxylic acids is 2. The summed E-state index contributed by atoms with van der Waals surface area (Å²) in [6, 6.07) is 13.0. The van der Waals surface area contributed by atoms with Crippen LogP contribution >= 0.6 is 0 Å². The van der Waals surface area contributed by atoms with E-state index in [0.29, 0.717) is 23.9 Å². The summed E-state index contributed by atoms with van der Waals surface area (Å²) < 4.78 is 10.9. The number of hydrogen-bond acceptors (Lipinski definition) is 5. The lowest BCUT2D eigenvalue weighted by atomic mass is 10.1. The SMILES string of the molecule is C[C@H]1Oc2nc(NC(=O)OC(C)(C)C)ccc2N(Cc2ccccc2)C1=O. The van der Waals surface area contributed by atoms with Gasteiger partial charge in [0, 0.05) is 0 Å². The average molecular weight is 369 g/mol. The number of nitrogens with one attached hydrogen (secondary N) is 1. The zero-order valence-corrected chi connectivity index (χ0v) is 15.9. The van der Waals surface area contributed by atoms with Crippen LogP contribution in [-0.4, -0.2) is 28.7 Å². The number of nitrogens with zero attached hydrogens (tertiary/aromatic N) is 2. The number of aromatic nitrogens is 1. The van der Waals surface area contributed by atoms with Crippen molar-refractivity contribution in [1.82, 2.24) is 4.98 Å². The molecule has 2 heterocycles. The van der Waals surface area contributed by atoms with Crippen LogP contribution in [0.2, 0.25) is 0 Å². The summed E-state index contributed by atoms with van der Waals surface area (Å²) in [5.74, 6) is 0.455. The van der Waals surface area contributed by atoms with E-state index in [0.717, 1.165) is 5.56 Å². The quantitative estimate of drug-likeness (QED) is 0.891. The second kappa shape index (κ2) is 7.26. The van der Waals surface area contributed by atoms with E-state index in [2.05, 4.69) is 10.3 Å². The standard InChI is InChI=1S/C20H23N3O4/c1-13-18(24)23(12-14-8-6-5-7-9-14)15-10-11-16(21-17(15)26-13)22-19(25)27-20(2,3)4/h5-11,13H,12H2,1-4H3,(H,21,22,25)/t13-/m1/s1. The molecule has 1 atom stereocenters. The molecule has 0 fully saturated rings. The van der Waals surface area contributed by atoms with Crippen molar-refractivity contribution in [3.63, 3.8) is 0 Å². The van der Waals surface area contributed by atoms with Crippen LogP contribution in [0.15, 0.2) is 42.5 Å². The summed E-state index contributed by atoms with van der Waals surface area (Å²) in [4.78, 5) is 30.5. The maximum Gasteiger partial charge on any atom is 0.413 e. The Kier molecular flexibility index (Phi) is 5.03. The van der Waals surface area contributed by atoms with Crippen molar-refractivity contribution in [2.24, 2.45) is 0 Å². The van der Waals surface area contributed by atoms with Gasteiger partial charge in [-0.2, -0.15) is 4.98 Å². The fourth-order valence-corrected chi connectivity index (χ4v) is 2.69. The van der Waals surface area contributed by atoms with Gasteiger partial charge in [-0.25, -0.2) is 4.79 Å². The van der Waals surface area contributed by atoms with Crippen molar-refractivity contribution < 1.29 is 19.1 Å². The highest BCUT2D eigenvalue weighted by Crippen LogP contribution is 2.34. The Balaban J connectivity index is 1.83. The van der Waals surface area contributed by atoms with Gasteiger partial charge in [0.25, 0.3) is 5.91 Å². The van der Waals surface area contributed by atoms with E-state index in [1.807, 2.05) is 30.3 Å². The molecule has 1 aromatic carbocycles. The predicted molar refractivity (Wildman–Crippen MR) is 102 cm³/mol. The van der Waals surface area contributed by atoms with Crippen LogP contribution < -0.4 is 15.0 Å². The van der Waals surface area contributed by atoms with E-state index in [9.17, 15) is 9.59 Å². The average Bonchev–Trinajstić information content (AvgIpc) is 2.58. The Hall–Kier alpha value is -3.09. The monoisotopic (exact) mass is 369 g/mol. The fourth-order valence-electron chi connectivity index (χ4n) is 2.69. The first-order valence-corrected chi connectivity index (χ1v) is 8.76. The number of rotatable bonds is 3. The molecular weight excluding hydrogens is 346 g/mol. The molecule has 0 radical (unpaired) electrons. The molecule has 0 spiro atoms. The Morgan fingerprint density at radius 3 is 2.59 bits per heavy atom. The van der Waals surface area contributed by atoms with Crippen molar-refractivity contribution >= 4 is 23.5 Å². The lowest BCUT2D eigenvalue weighted by Gasteiger charge is -2.32. The van der Waals surface area contributed by atoms with Gasteiger partial charge >= 0.3 is 6.09 Å². The zero-order chi connectivity index (χ0) is 19.6. The van der Waals surface area contributed by atoms with Crippen LogP contribution in [0.25, 0.3) is 0 Å². The van der Waals surface area contributed by atoms with Crippen molar-refractivity contribution in [2.75, 3.05) is 10.2 Å². The van der Waals surface area contributed by atoms with Gasteiger partial charge in [0.1, 0.15) is 17.1 Å². The van der Waals surface area contributed by atoms with E-state index in [1.54, 1.807) is 44.7 Å². The summed E-state index contributed by atoms with van der Waals surface area (Å²) in [7, 11) is 0. The van der Waals surface area contributed by atoms with Crippen LogP contribution in [0.5, 0.6) is 5.88 Å². The summed E-state index contributed by atoms with van der Waals surface area (Å²) in [6.07, 6.45) is -1.26. The second-order valence-corrected chi connectivity index (χ2v) is 7.32. The second-order valence-electron chi connectivity index (χ2n) is 7.32. The summed E-state index contributed by atoms with van der Waals surface area (Å²) in [5, 5.41) is 2.58. The van der Waals surface area contributed by atoms with Crippen LogP contribution in [0.1, 0.15) is 33.3 Å². The molecule has 142 valence electrons. The first-order chi connectivity index (χ1) is 12.7. The first kappa shape index (κ1) is 18.7. The van der Waals surface area contributed by atoms with E-state index in [4.69, 9.17) is 9.47 Å². The minimum atomic E-state index is -0.662. The van der Waals surface area contributed by atoms with Crippen molar-refractivity contribution in [1.29, 1.82) is 0 Å². The van der Waals surface area contributed by atoms with Gasteiger partial charge in [-0.05, 0) is 45.4 Å². The molecule has 0 saturated heterocycles. The summed E-state index contributed by atoms with van der Waals surface area (Å²) in [6.45, 7) is 7.44. The highest BCUT2D eigenvalue weighted by Gasteiger charge is 2.33. The topological polar surface area (TPSA) is 80.8 Å². The minimum absolute atomic E-state index is 0.138. The number of carbonyl (C=O) groups is 2. The Labute approximate surface area is 158 Å². The van der Waals surface area contributed by atoms with Gasteiger partial charge in [0.2, 0.25) is 5.88 Å². The fraction of sp³-hybridized carbons (Fsp3) is 0.350. The number of pyridine rings is 1. The molecule has 27 heavy (non-hydrogen) atoms. The van der Waals surface area contributed by atoms with Crippen molar-refractivity contribution in [3.8, 4) is 5.88 Å². The molecule has 2 aromatic rings. The number of anilines is 2. The molecule has 1 aliphatic rings. The summed E-state index contributed by atoms with van der Waals surface area (Å²) >= 11 is 0. The molecule has 1 N–H and O–H groups in total. The highest BCUT2D eigenvalue weighted by atomic mass is 16.6.